The van der Waals surface area contributed by atoms with Crippen LogP contribution in [0.2, 0.25) is 0 Å². The highest BCUT2D eigenvalue weighted by Crippen LogP contribution is 2.30. The molecule has 1 atom stereocenters. The Morgan fingerprint density at radius 2 is 2.19 bits per heavy atom. The average Bonchev–Trinajstić information content (AvgIpc) is 3.03. The van der Waals surface area contributed by atoms with Gasteiger partial charge in [-0.05, 0) is 43.0 Å². The number of hydrogen-bond donors (Lipinski definition) is 0. The third-order valence-electron chi connectivity index (χ3n) is 4.49. The van der Waals surface area contributed by atoms with E-state index in [4.69, 9.17) is 10.00 Å². The molecule has 1 aromatic rings. The van der Waals surface area contributed by atoms with E-state index in [0.717, 1.165) is 30.4 Å². The van der Waals surface area contributed by atoms with Gasteiger partial charge in [0.25, 0.3) is 0 Å². The summed E-state index contributed by atoms with van der Waals surface area (Å²) in [6, 6.07) is 6.72. The number of allylic oxidation sites excluding steroid dienone is 1. The molecule has 2 aliphatic rings. The molecule has 0 radical (unpaired) electrons. The number of carbonyl (C=O) groups excluding carboxylic acids is 2. The zero-order chi connectivity index (χ0) is 19.2. The van der Waals surface area contributed by atoms with Crippen molar-refractivity contribution in [2.75, 3.05) is 35.2 Å². The number of cyclic esters (lactones) is 1. The number of amides is 1. The number of isocyanates is 1. The number of hydrogen-bond acceptors (Lipinski definition) is 7. The topological polar surface area (TPSA) is 86.0 Å². The molecule has 0 N–H and O–H groups in total. The first-order chi connectivity index (χ1) is 13.1. The fraction of sp³-hybridized carbons (Fsp3) is 0.389. The van der Waals surface area contributed by atoms with Crippen molar-refractivity contribution in [3.63, 3.8) is 0 Å². The molecule has 3 rings (SSSR count). The largest absolute Gasteiger partial charge is 0.443 e. The monoisotopic (exact) mass is 388 g/mol. The minimum atomic E-state index is -0.549. The second kappa shape index (κ2) is 8.71. The third-order valence-corrected chi connectivity index (χ3v) is 5.22. The highest BCUT2D eigenvalue weighted by Gasteiger charge is 2.33. The number of halogens is 1. The van der Waals surface area contributed by atoms with Crippen LogP contribution in [0.4, 0.5) is 20.6 Å². The summed E-state index contributed by atoms with van der Waals surface area (Å²) in [5, 5.41) is 8.71. The lowest BCUT2D eigenvalue weighted by atomic mass is 10.0. The van der Waals surface area contributed by atoms with E-state index in [0.29, 0.717) is 30.2 Å². The zero-order valence-corrected chi connectivity index (χ0v) is 15.2. The maximum atomic E-state index is 14.7. The number of nitrogens with zero attached hydrogens (tertiary/aromatic N) is 4. The van der Waals surface area contributed by atoms with E-state index in [1.54, 1.807) is 18.2 Å². The lowest BCUT2D eigenvalue weighted by molar-refractivity contribution is 0.151. The Labute approximate surface area is 160 Å². The van der Waals surface area contributed by atoms with Crippen molar-refractivity contribution < 1.29 is 18.7 Å². The van der Waals surface area contributed by atoms with Gasteiger partial charge in [0.05, 0.1) is 29.7 Å². The number of benzene rings is 1. The average molecular weight is 388 g/mol. The predicted octanol–water partition coefficient (Wildman–Crippen LogP) is 3.19. The minimum absolute atomic E-state index is 0.269. The quantitative estimate of drug-likeness (QED) is 0.333. The van der Waals surface area contributed by atoms with Crippen molar-refractivity contribution in [2.45, 2.75) is 18.9 Å². The molecule has 1 aromatic carbocycles. The van der Waals surface area contributed by atoms with E-state index in [9.17, 15) is 14.0 Å². The van der Waals surface area contributed by atoms with Crippen LogP contribution >= 0.6 is 11.9 Å². The van der Waals surface area contributed by atoms with Crippen LogP contribution in [0.5, 0.6) is 0 Å². The van der Waals surface area contributed by atoms with Gasteiger partial charge in [0, 0.05) is 19.2 Å². The molecule has 27 heavy (non-hydrogen) atoms. The Bertz CT molecular complexity index is 837. The lowest BCUT2D eigenvalue weighted by Gasteiger charge is -2.30. The fourth-order valence-electron chi connectivity index (χ4n) is 3.16. The molecular formula is C18H17FN4O3S. The standard InChI is InChI=1S/C18H17FN4O3S/c19-16-9-14(23-10-15(26-18(23)25)11-27-21-12-24)1-2-17(16)22-7-4-13(3-6-20)5-8-22/h1-3,9,15H,4-5,7-8,10-11H2/t15-/m0/s1. The van der Waals surface area contributed by atoms with Gasteiger partial charge in [0.2, 0.25) is 6.08 Å². The van der Waals surface area contributed by atoms with E-state index in [1.807, 2.05) is 11.0 Å². The summed E-state index contributed by atoms with van der Waals surface area (Å²) in [6.07, 6.45) is 3.46. The van der Waals surface area contributed by atoms with Gasteiger partial charge in [-0.15, -0.1) is 4.40 Å². The Morgan fingerprint density at radius 1 is 1.41 bits per heavy atom. The molecule has 0 saturated carbocycles. The predicted molar refractivity (Wildman–Crippen MR) is 99.7 cm³/mol. The zero-order valence-electron chi connectivity index (χ0n) is 14.4. The van der Waals surface area contributed by atoms with Crippen LogP contribution in [-0.2, 0) is 9.53 Å². The molecule has 140 valence electrons. The van der Waals surface area contributed by atoms with Crippen LogP contribution in [-0.4, -0.2) is 43.7 Å². The number of ether oxygens (including phenoxy) is 1. The van der Waals surface area contributed by atoms with E-state index >= 15 is 0 Å². The first kappa shape index (κ1) is 19.0. The first-order valence-electron chi connectivity index (χ1n) is 8.41. The van der Waals surface area contributed by atoms with Crippen LogP contribution in [0.3, 0.4) is 0 Å². The molecule has 2 saturated heterocycles. The summed E-state index contributed by atoms with van der Waals surface area (Å²) in [7, 11) is 0. The molecular weight excluding hydrogens is 371 g/mol. The molecule has 9 heteroatoms. The second-order valence-corrected chi connectivity index (χ2v) is 6.92. The van der Waals surface area contributed by atoms with Gasteiger partial charge in [-0.25, -0.2) is 14.0 Å². The number of carbonyl (C=O) groups is 1. The van der Waals surface area contributed by atoms with Crippen LogP contribution in [0.25, 0.3) is 0 Å². The van der Waals surface area contributed by atoms with E-state index in [1.165, 1.54) is 17.0 Å². The number of rotatable bonds is 5. The maximum Gasteiger partial charge on any atom is 0.414 e. The molecule has 1 amide bonds. The second-order valence-electron chi connectivity index (χ2n) is 6.15. The summed E-state index contributed by atoms with van der Waals surface area (Å²) in [5.74, 6) is -0.0684. The van der Waals surface area contributed by atoms with Crippen molar-refractivity contribution in [3.8, 4) is 6.07 Å². The molecule has 0 spiro atoms. The molecule has 2 heterocycles. The van der Waals surface area contributed by atoms with Gasteiger partial charge in [0.1, 0.15) is 11.9 Å². The van der Waals surface area contributed by atoms with E-state index in [2.05, 4.69) is 4.40 Å². The summed E-state index contributed by atoms with van der Waals surface area (Å²) < 4.78 is 23.2. The number of anilines is 2. The Hall–Kier alpha value is -2.82. The van der Waals surface area contributed by atoms with Crippen LogP contribution in [0, 0.1) is 17.1 Å². The molecule has 0 aromatic heterocycles. The Morgan fingerprint density at radius 3 is 2.85 bits per heavy atom. The molecule has 0 bridgehead atoms. The summed E-state index contributed by atoms with van der Waals surface area (Å²) in [5.41, 5.74) is 1.98. The number of piperidine rings is 1. The van der Waals surface area contributed by atoms with Gasteiger partial charge in [-0.1, -0.05) is 5.57 Å². The molecule has 0 unspecified atom stereocenters. The maximum absolute atomic E-state index is 14.7. The van der Waals surface area contributed by atoms with Gasteiger partial charge >= 0.3 is 6.09 Å². The summed E-state index contributed by atoms with van der Waals surface area (Å²) in [4.78, 5) is 25.4. The van der Waals surface area contributed by atoms with Gasteiger partial charge in [-0.2, -0.15) is 5.26 Å². The normalized spacial score (nSPS) is 19.3. The summed E-state index contributed by atoms with van der Waals surface area (Å²) in [6.45, 7) is 1.56. The highest BCUT2D eigenvalue weighted by molar-refractivity contribution is 7.98. The van der Waals surface area contributed by atoms with Crippen LogP contribution in [0.15, 0.2) is 34.2 Å². The SMILES string of the molecule is N#CC=C1CCN(c2ccc(N3C[C@@H](CSN=C=O)OC3=O)cc2F)CC1. The number of nitriles is 1. The molecule has 0 aliphatic carbocycles. The van der Waals surface area contributed by atoms with Crippen LogP contribution in [0.1, 0.15) is 12.8 Å². The van der Waals surface area contributed by atoms with Gasteiger partial charge in [0.15, 0.2) is 0 Å². The third kappa shape index (κ3) is 4.48. The smallest absolute Gasteiger partial charge is 0.414 e. The first-order valence-corrected chi connectivity index (χ1v) is 9.36. The Balaban J connectivity index is 1.67. The van der Waals surface area contributed by atoms with Crippen molar-refractivity contribution in [3.05, 3.63) is 35.7 Å². The van der Waals surface area contributed by atoms with Gasteiger partial charge < -0.3 is 9.64 Å². The van der Waals surface area contributed by atoms with Crippen molar-refractivity contribution in [1.82, 2.24) is 0 Å². The minimum Gasteiger partial charge on any atom is -0.443 e. The van der Waals surface area contributed by atoms with Crippen molar-refractivity contribution in [1.29, 1.82) is 5.26 Å². The molecule has 2 aliphatic heterocycles. The van der Waals surface area contributed by atoms with Crippen molar-refractivity contribution in [2.24, 2.45) is 4.40 Å². The summed E-state index contributed by atoms with van der Waals surface area (Å²) >= 11 is 0.970. The highest BCUT2D eigenvalue weighted by atomic mass is 32.2. The van der Waals surface area contributed by atoms with Gasteiger partial charge in [-0.3, -0.25) is 4.90 Å². The van der Waals surface area contributed by atoms with E-state index in [-0.39, 0.29) is 6.54 Å². The molecule has 2 fully saturated rings. The van der Waals surface area contributed by atoms with Crippen LogP contribution < -0.4 is 9.80 Å². The fourth-order valence-corrected chi connectivity index (χ4v) is 3.62. The van der Waals surface area contributed by atoms with E-state index < -0.39 is 18.0 Å². The van der Waals surface area contributed by atoms with Crippen molar-refractivity contribution >= 4 is 35.5 Å². The Kier molecular flexibility index (Phi) is 6.12. The lowest BCUT2D eigenvalue weighted by Crippen LogP contribution is -2.31. The molecule has 7 nitrogen and oxygen atoms in total.